The molecule has 148 valence electrons. The lowest BCUT2D eigenvalue weighted by Gasteiger charge is -2.48. The number of para-hydroxylation sites is 1. The Balaban J connectivity index is 1.86. The van der Waals surface area contributed by atoms with Gasteiger partial charge in [-0.3, -0.25) is 19.3 Å². The molecule has 1 saturated heterocycles. The third kappa shape index (κ3) is 2.93. The lowest BCUT2D eigenvalue weighted by molar-refractivity contribution is -0.159. The maximum Gasteiger partial charge on any atom is 0.354 e. The van der Waals surface area contributed by atoms with Crippen molar-refractivity contribution in [1.29, 1.82) is 0 Å². The minimum atomic E-state index is -1.66. The molecule has 2 aromatic rings. The van der Waals surface area contributed by atoms with Gasteiger partial charge in [-0.1, -0.05) is 42.5 Å². The summed E-state index contributed by atoms with van der Waals surface area (Å²) in [6.45, 7) is -0.527. The van der Waals surface area contributed by atoms with E-state index in [0.717, 1.165) is 5.56 Å². The summed E-state index contributed by atoms with van der Waals surface area (Å²) >= 11 is 0. The summed E-state index contributed by atoms with van der Waals surface area (Å²) in [5.41, 5.74) is 4.94. The van der Waals surface area contributed by atoms with Crippen LogP contribution in [-0.4, -0.2) is 40.9 Å². The summed E-state index contributed by atoms with van der Waals surface area (Å²) in [7, 11) is 0. The van der Waals surface area contributed by atoms with Gasteiger partial charge in [0.2, 0.25) is 11.6 Å². The van der Waals surface area contributed by atoms with E-state index in [1.807, 2.05) is 30.3 Å². The monoisotopic (exact) mass is 393 g/mol. The summed E-state index contributed by atoms with van der Waals surface area (Å²) in [4.78, 5) is 53.3. The summed E-state index contributed by atoms with van der Waals surface area (Å²) < 4.78 is 5.13. The minimum absolute atomic E-state index is 0.0658. The first-order valence-corrected chi connectivity index (χ1v) is 9.18. The molecule has 0 spiro atoms. The van der Waals surface area contributed by atoms with E-state index in [1.165, 1.54) is 9.80 Å². The van der Waals surface area contributed by atoms with Crippen molar-refractivity contribution in [3.63, 3.8) is 0 Å². The molecule has 2 aromatic carbocycles. The first kappa shape index (κ1) is 18.7. The number of hydrogen-bond acceptors (Lipinski definition) is 5. The lowest BCUT2D eigenvalue weighted by Crippen LogP contribution is -2.68. The van der Waals surface area contributed by atoms with Crippen molar-refractivity contribution < 1.29 is 23.9 Å². The van der Waals surface area contributed by atoms with Gasteiger partial charge in [-0.2, -0.15) is 0 Å². The molecular formula is C21H19N3O5. The van der Waals surface area contributed by atoms with Crippen molar-refractivity contribution in [1.82, 2.24) is 4.90 Å². The average Bonchev–Trinajstić information content (AvgIpc) is 3.08. The molecule has 2 heterocycles. The largest absolute Gasteiger partial charge is 0.452 e. The maximum atomic E-state index is 13.4. The predicted octanol–water partition coefficient (Wildman–Crippen LogP) is 1.19. The zero-order chi connectivity index (χ0) is 20.6. The molecule has 1 fully saturated rings. The SMILES string of the molecule is NC(=O)COC(=O)[C@]12CCC(=O)N1c1ccccc1C(=O)N2Cc1ccccc1. The van der Waals surface area contributed by atoms with Gasteiger partial charge in [0.25, 0.3) is 11.8 Å². The van der Waals surface area contributed by atoms with Gasteiger partial charge in [-0.25, -0.2) is 4.79 Å². The van der Waals surface area contributed by atoms with Crippen LogP contribution >= 0.6 is 0 Å². The Morgan fingerprint density at radius 3 is 2.45 bits per heavy atom. The second kappa shape index (κ2) is 7.05. The number of carbonyl (C=O) groups excluding carboxylic acids is 4. The third-order valence-electron chi connectivity index (χ3n) is 5.23. The lowest BCUT2D eigenvalue weighted by atomic mass is 9.95. The first-order chi connectivity index (χ1) is 13.9. The number of hydrogen-bond donors (Lipinski definition) is 1. The number of rotatable bonds is 5. The smallest absolute Gasteiger partial charge is 0.354 e. The number of ether oxygens (including phenoxy) is 1. The minimum Gasteiger partial charge on any atom is -0.452 e. The second-order valence-corrected chi connectivity index (χ2v) is 6.98. The van der Waals surface area contributed by atoms with Crippen LogP contribution in [0.2, 0.25) is 0 Å². The molecule has 1 atom stereocenters. The van der Waals surface area contributed by atoms with Crippen LogP contribution in [0.4, 0.5) is 5.69 Å². The van der Waals surface area contributed by atoms with Crippen LogP contribution in [0.25, 0.3) is 0 Å². The summed E-state index contributed by atoms with van der Waals surface area (Å²) in [5.74, 6) is -2.34. The number of benzene rings is 2. The Morgan fingerprint density at radius 1 is 1.03 bits per heavy atom. The van der Waals surface area contributed by atoms with Crippen LogP contribution in [0.1, 0.15) is 28.8 Å². The molecule has 4 rings (SSSR count). The Labute approximate surface area is 166 Å². The molecule has 0 aromatic heterocycles. The van der Waals surface area contributed by atoms with Gasteiger partial charge in [-0.15, -0.1) is 0 Å². The van der Waals surface area contributed by atoms with Gasteiger partial charge in [0.1, 0.15) is 0 Å². The van der Waals surface area contributed by atoms with Gasteiger partial charge in [0, 0.05) is 19.4 Å². The zero-order valence-electron chi connectivity index (χ0n) is 15.5. The fraction of sp³-hybridized carbons (Fsp3) is 0.238. The molecule has 8 heteroatoms. The third-order valence-corrected chi connectivity index (χ3v) is 5.23. The van der Waals surface area contributed by atoms with E-state index in [4.69, 9.17) is 10.5 Å². The number of carbonyl (C=O) groups is 4. The van der Waals surface area contributed by atoms with Crippen LogP contribution in [-0.2, 0) is 25.7 Å². The van der Waals surface area contributed by atoms with E-state index in [0.29, 0.717) is 11.3 Å². The first-order valence-electron chi connectivity index (χ1n) is 9.18. The van der Waals surface area contributed by atoms with Crippen LogP contribution in [0.5, 0.6) is 0 Å². The molecular weight excluding hydrogens is 374 g/mol. The van der Waals surface area contributed by atoms with Crippen LogP contribution < -0.4 is 10.6 Å². The second-order valence-electron chi connectivity index (χ2n) is 6.98. The molecule has 2 aliphatic rings. The number of nitrogens with zero attached hydrogens (tertiary/aromatic N) is 2. The Morgan fingerprint density at radius 2 is 1.72 bits per heavy atom. The number of amides is 3. The highest BCUT2D eigenvalue weighted by Gasteiger charge is 2.62. The molecule has 0 aliphatic carbocycles. The van der Waals surface area contributed by atoms with E-state index in [-0.39, 0.29) is 31.2 Å². The highest BCUT2D eigenvalue weighted by molar-refractivity contribution is 6.15. The Bertz CT molecular complexity index is 1010. The van der Waals surface area contributed by atoms with Gasteiger partial charge in [0.05, 0.1) is 11.3 Å². The Hall–Kier alpha value is -3.68. The molecule has 0 bridgehead atoms. The fourth-order valence-corrected chi connectivity index (χ4v) is 3.99. The molecule has 0 saturated carbocycles. The van der Waals surface area contributed by atoms with Gasteiger partial charge in [-0.05, 0) is 17.7 Å². The van der Waals surface area contributed by atoms with Crippen molar-refractivity contribution in [2.24, 2.45) is 5.73 Å². The average molecular weight is 393 g/mol. The predicted molar refractivity (Wildman–Crippen MR) is 102 cm³/mol. The van der Waals surface area contributed by atoms with Gasteiger partial charge in [0.15, 0.2) is 6.61 Å². The summed E-state index contributed by atoms with van der Waals surface area (Å²) in [6.07, 6.45) is 0.134. The Kier molecular flexibility index (Phi) is 4.54. The molecule has 3 amide bonds. The van der Waals surface area contributed by atoms with Gasteiger partial charge >= 0.3 is 5.97 Å². The molecule has 29 heavy (non-hydrogen) atoms. The van der Waals surface area contributed by atoms with E-state index in [9.17, 15) is 19.2 Å². The van der Waals surface area contributed by atoms with E-state index < -0.39 is 24.1 Å². The van der Waals surface area contributed by atoms with Crippen LogP contribution in [0.15, 0.2) is 54.6 Å². The van der Waals surface area contributed by atoms with Crippen molar-refractivity contribution in [2.75, 3.05) is 11.5 Å². The van der Waals surface area contributed by atoms with Crippen LogP contribution in [0, 0.1) is 0 Å². The van der Waals surface area contributed by atoms with Crippen LogP contribution in [0.3, 0.4) is 0 Å². The molecule has 0 radical (unpaired) electrons. The quantitative estimate of drug-likeness (QED) is 0.768. The number of fused-ring (bicyclic) bond motifs is 3. The topological polar surface area (TPSA) is 110 Å². The van der Waals surface area contributed by atoms with Crippen molar-refractivity contribution >= 4 is 29.4 Å². The summed E-state index contributed by atoms with van der Waals surface area (Å²) in [5, 5.41) is 0. The molecule has 8 nitrogen and oxygen atoms in total. The van der Waals surface area contributed by atoms with Crippen molar-refractivity contribution in [3.8, 4) is 0 Å². The number of esters is 1. The zero-order valence-corrected chi connectivity index (χ0v) is 15.5. The van der Waals surface area contributed by atoms with Gasteiger partial charge < -0.3 is 15.4 Å². The van der Waals surface area contributed by atoms with E-state index in [2.05, 4.69) is 0 Å². The maximum absolute atomic E-state index is 13.4. The highest BCUT2D eigenvalue weighted by Crippen LogP contribution is 2.45. The van der Waals surface area contributed by atoms with Crippen molar-refractivity contribution in [2.45, 2.75) is 25.0 Å². The van der Waals surface area contributed by atoms with E-state index in [1.54, 1.807) is 24.3 Å². The van der Waals surface area contributed by atoms with E-state index >= 15 is 0 Å². The standard InChI is InChI=1S/C21H19N3O5/c22-17(25)13-29-20(28)21-11-10-18(26)24(21)16-9-5-4-8-15(16)19(27)23(21)12-14-6-2-1-3-7-14/h1-9H,10-13H2,(H2,22,25)/t21-/m0/s1. The molecule has 0 unspecified atom stereocenters. The molecule has 2 aliphatic heterocycles. The number of primary amides is 1. The summed E-state index contributed by atoms with van der Waals surface area (Å²) in [6, 6.07) is 15.8. The fourth-order valence-electron chi connectivity index (χ4n) is 3.99. The number of nitrogens with two attached hydrogens (primary N) is 1. The highest BCUT2D eigenvalue weighted by atomic mass is 16.5. The molecule has 2 N–H and O–H groups in total. The normalized spacial score (nSPS) is 20.3. The number of anilines is 1. The van der Waals surface area contributed by atoms with Crippen molar-refractivity contribution in [3.05, 3.63) is 65.7 Å².